The molecule has 1 atom stereocenters. The molecule has 21 heavy (non-hydrogen) atoms. The topological polar surface area (TPSA) is 50.1 Å². The normalized spacial score (nSPS) is 14.1. The Bertz CT molecular complexity index is 569. The maximum absolute atomic E-state index is 12.9. The number of nitrogens with one attached hydrogen (secondary N) is 1. The molecule has 0 saturated heterocycles. The Labute approximate surface area is 128 Å². The van der Waals surface area contributed by atoms with Gasteiger partial charge in [0.1, 0.15) is 5.82 Å². The Hall–Kier alpha value is -1.37. The van der Waals surface area contributed by atoms with E-state index in [-0.39, 0.29) is 5.82 Å². The predicted octanol–water partition coefficient (Wildman–Crippen LogP) is 2.21. The number of halogens is 1. The van der Waals surface area contributed by atoms with Crippen LogP contribution in [-0.4, -0.2) is 39.0 Å². The van der Waals surface area contributed by atoms with Crippen molar-refractivity contribution in [1.29, 1.82) is 0 Å². The van der Waals surface area contributed by atoms with Crippen LogP contribution >= 0.6 is 11.8 Å². The molecule has 0 aliphatic heterocycles. The second-order valence-electron chi connectivity index (χ2n) is 5.30. The molecule has 0 saturated carbocycles. The van der Waals surface area contributed by atoms with Gasteiger partial charge in [-0.1, -0.05) is 0 Å². The highest BCUT2D eigenvalue weighted by Crippen LogP contribution is 2.11. The van der Waals surface area contributed by atoms with Crippen molar-refractivity contribution in [2.45, 2.75) is 19.1 Å². The molecule has 0 aliphatic rings. The Balaban J connectivity index is 1.90. The van der Waals surface area contributed by atoms with Gasteiger partial charge in [-0.3, -0.25) is 0 Å². The molecule has 1 aromatic heterocycles. The van der Waals surface area contributed by atoms with E-state index >= 15 is 0 Å². The van der Waals surface area contributed by atoms with Gasteiger partial charge in [0.15, 0.2) is 0 Å². The lowest BCUT2D eigenvalue weighted by Gasteiger charge is -2.22. The first kappa shape index (κ1) is 16.0. The summed E-state index contributed by atoms with van der Waals surface area (Å²) in [6.45, 7) is 2.97. The summed E-state index contributed by atoms with van der Waals surface area (Å²) in [7, 11) is 0. The van der Waals surface area contributed by atoms with Gasteiger partial charge < -0.3 is 10.4 Å². The van der Waals surface area contributed by atoms with E-state index in [0.717, 1.165) is 11.3 Å². The summed E-state index contributed by atoms with van der Waals surface area (Å²) in [6, 6.07) is 6.19. The van der Waals surface area contributed by atoms with Crippen molar-refractivity contribution >= 4 is 11.8 Å². The number of hydrogen-bond acceptors (Lipinski definition) is 4. The molecule has 6 heteroatoms. The van der Waals surface area contributed by atoms with Crippen LogP contribution in [0.25, 0.3) is 5.69 Å². The van der Waals surface area contributed by atoms with Crippen LogP contribution in [0, 0.1) is 5.82 Å². The van der Waals surface area contributed by atoms with Crippen LogP contribution in [0.4, 0.5) is 4.39 Å². The summed E-state index contributed by atoms with van der Waals surface area (Å²) in [4.78, 5) is 0. The quantitative estimate of drug-likeness (QED) is 0.823. The summed E-state index contributed by atoms with van der Waals surface area (Å²) in [6.07, 6.45) is 5.63. The molecule has 1 aromatic carbocycles. The highest BCUT2D eigenvalue weighted by atomic mass is 32.2. The fourth-order valence-electron chi connectivity index (χ4n) is 2.02. The lowest BCUT2D eigenvalue weighted by Crippen LogP contribution is -2.39. The second kappa shape index (κ2) is 7.06. The van der Waals surface area contributed by atoms with Crippen LogP contribution < -0.4 is 5.32 Å². The average Bonchev–Trinajstić information content (AvgIpc) is 2.88. The lowest BCUT2D eigenvalue weighted by molar-refractivity contribution is 0.0846. The maximum Gasteiger partial charge on any atom is 0.123 e. The lowest BCUT2D eigenvalue weighted by atomic mass is 10.1. The molecule has 4 nitrogen and oxygen atoms in total. The van der Waals surface area contributed by atoms with E-state index in [1.165, 1.54) is 12.1 Å². The summed E-state index contributed by atoms with van der Waals surface area (Å²) in [5.74, 6) is 0.429. The number of aromatic nitrogens is 2. The SMILES string of the molecule is CSCC(C)(O)CNCc1cnn(-c2ccc(F)cc2)c1. The van der Waals surface area contributed by atoms with Crippen LogP contribution in [0.3, 0.4) is 0 Å². The third-order valence-electron chi connectivity index (χ3n) is 3.02. The van der Waals surface area contributed by atoms with Crippen molar-refractivity contribution in [3.8, 4) is 5.69 Å². The van der Waals surface area contributed by atoms with Gasteiger partial charge in [-0.2, -0.15) is 16.9 Å². The molecule has 0 bridgehead atoms. The zero-order valence-corrected chi connectivity index (χ0v) is 13.0. The third kappa shape index (κ3) is 4.84. The van der Waals surface area contributed by atoms with E-state index in [1.807, 2.05) is 19.4 Å². The standard InChI is InChI=1S/C15H20FN3OS/c1-15(20,11-21-2)10-17-7-12-8-18-19(9-12)14-5-3-13(16)4-6-14/h3-6,8-9,17,20H,7,10-11H2,1-2H3. The van der Waals surface area contributed by atoms with Crippen LogP contribution in [0.1, 0.15) is 12.5 Å². The highest BCUT2D eigenvalue weighted by molar-refractivity contribution is 7.98. The van der Waals surface area contributed by atoms with E-state index in [0.29, 0.717) is 18.8 Å². The maximum atomic E-state index is 12.9. The van der Waals surface area contributed by atoms with Crippen molar-refractivity contribution in [2.75, 3.05) is 18.6 Å². The van der Waals surface area contributed by atoms with E-state index in [4.69, 9.17) is 0 Å². The third-order valence-corrected chi connectivity index (χ3v) is 3.93. The number of aliphatic hydroxyl groups is 1. The molecular formula is C15H20FN3OS. The zero-order chi connectivity index (χ0) is 15.3. The Morgan fingerprint density at radius 2 is 2.10 bits per heavy atom. The van der Waals surface area contributed by atoms with Crippen LogP contribution in [-0.2, 0) is 6.54 Å². The zero-order valence-electron chi connectivity index (χ0n) is 12.2. The molecule has 1 heterocycles. The van der Waals surface area contributed by atoms with E-state index < -0.39 is 5.60 Å². The number of nitrogens with zero attached hydrogens (tertiary/aromatic N) is 2. The van der Waals surface area contributed by atoms with Gasteiger partial charge in [0.25, 0.3) is 0 Å². The van der Waals surface area contributed by atoms with Gasteiger partial charge in [-0.05, 0) is 37.4 Å². The summed E-state index contributed by atoms with van der Waals surface area (Å²) in [5, 5.41) is 17.5. The fourth-order valence-corrected chi connectivity index (χ4v) is 2.75. The molecule has 2 N–H and O–H groups in total. The molecule has 2 aromatic rings. The van der Waals surface area contributed by atoms with Crippen LogP contribution in [0.15, 0.2) is 36.7 Å². The summed E-state index contributed by atoms with van der Waals surface area (Å²) < 4.78 is 14.6. The molecule has 114 valence electrons. The van der Waals surface area contributed by atoms with Crippen molar-refractivity contribution in [3.05, 3.63) is 48.0 Å². The first-order valence-corrected chi connectivity index (χ1v) is 8.11. The van der Waals surface area contributed by atoms with E-state index in [2.05, 4.69) is 10.4 Å². The van der Waals surface area contributed by atoms with Gasteiger partial charge in [-0.25, -0.2) is 9.07 Å². The molecule has 2 rings (SSSR count). The first-order valence-electron chi connectivity index (χ1n) is 6.72. The molecule has 0 spiro atoms. The molecule has 0 amide bonds. The Morgan fingerprint density at radius 1 is 1.38 bits per heavy atom. The largest absolute Gasteiger partial charge is 0.388 e. The first-order chi connectivity index (χ1) is 10.00. The van der Waals surface area contributed by atoms with Crippen molar-refractivity contribution in [1.82, 2.24) is 15.1 Å². The minimum atomic E-state index is -0.716. The number of thioether (sulfide) groups is 1. The van der Waals surface area contributed by atoms with E-state index in [9.17, 15) is 9.50 Å². The van der Waals surface area contributed by atoms with Gasteiger partial charge in [0.05, 0.1) is 17.5 Å². The second-order valence-corrected chi connectivity index (χ2v) is 6.17. The Morgan fingerprint density at radius 3 is 2.76 bits per heavy atom. The summed E-state index contributed by atoms with van der Waals surface area (Å²) >= 11 is 1.62. The number of hydrogen-bond donors (Lipinski definition) is 2. The monoisotopic (exact) mass is 309 g/mol. The van der Waals surface area contributed by atoms with E-state index in [1.54, 1.807) is 34.8 Å². The smallest absolute Gasteiger partial charge is 0.123 e. The predicted molar refractivity (Wildman–Crippen MR) is 84.2 cm³/mol. The van der Waals surface area contributed by atoms with Crippen molar-refractivity contribution < 1.29 is 9.50 Å². The number of rotatable bonds is 7. The average molecular weight is 309 g/mol. The fraction of sp³-hybridized carbons (Fsp3) is 0.400. The highest BCUT2D eigenvalue weighted by Gasteiger charge is 2.18. The van der Waals surface area contributed by atoms with Gasteiger partial charge >= 0.3 is 0 Å². The number of benzene rings is 1. The van der Waals surface area contributed by atoms with Crippen molar-refractivity contribution in [2.24, 2.45) is 0 Å². The minimum Gasteiger partial charge on any atom is -0.388 e. The van der Waals surface area contributed by atoms with Crippen LogP contribution in [0.5, 0.6) is 0 Å². The van der Waals surface area contributed by atoms with Gasteiger partial charge in [-0.15, -0.1) is 0 Å². The molecular weight excluding hydrogens is 289 g/mol. The summed E-state index contributed by atoms with van der Waals surface area (Å²) in [5.41, 5.74) is 1.11. The van der Waals surface area contributed by atoms with Crippen LogP contribution in [0.2, 0.25) is 0 Å². The molecule has 0 aliphatic carbocycles. The van der Waals surface area contributed by atoms with Gasteiger partial charge in [0.2, 0.25) is 0 Å². The molecule has 1 unspecified atom stereocenters. The molecule has 0 fully saturated rings. The van der Waals surface area contributed by atoms with Gasteiger partial charge in [0, 0.05) is 30.6 Å². The molecule has 0 radical (unpaired) electrons. The minimum absolute atomic E-state index is 0.260. The Kier molecular flexibility index (Phi) is 5.39. The van der Waals surface area contributed by atoms with Crippen molar-refractivity contribution in [3.63, 3.8) is 0 Å².